The van der Waals surface area contributed by atoms with Crippen LogP contribution in [-0.2, 0) is 14.3 Å². The van der Waals surface area contributed by atoms with Crippen LogP contribution in [0.25, 0.3) is 0 Å². The second-order valence-corrected chi connectivity index (χ2v) is 9.06. The first kappa shape index (κ1) is 22.2. The fourth-order valence-corrected chi connectivity index (χ4v) is 4.04. The highest BCUT2D eigenvalue weighted by Gasteiger charge is 2.22. The third-order valence-corrected chi connectivity index (χ3v) is 5.99. The van der Waals surface area contributed by atoms with Crippen LogP contribution in [0.4, 0.5) is 10.8 Å². The van der Waals surface area contributed by atoms with Crippen LogP contribution in [-0.4, -0.2) is 41.0 Å². The van der Waals surface area contributed by atoms with Crippen molar-refractivity contribution in [3.63, 3.8) is 0 Å². The molecule has 0 fully saturated rings. The average Bonchev–Trinajstić information content (AvgIpc) is 3.09. The van der Waals surface area contributed by atoms with Crippen LogP contribution in [0, 0.1) is 19.8 Å². The van der Waals surface area contributed by atoms with Crippen LogP contribution < -0.4 is 10.6 Å². The van der Waals surface area contributed by atoms with Gasteiger partial charge in [-0.15, -0.1) is 10.2 Å². The molecule has 1 atom stereocenters. The van der Waals surface area contributed by atoms with Gasteiger partial charge in [-0.25, -0.2) is 4.79 Å². The predicted molar refractivity (Wildman–Crippen MR) is 113 cm³/mol. The average molecular weight is 423 g/mol. The van der Waals surface area contributed by atoms with Gasteiger partial charge in [-0.3, -0.25) is 4.79 Å². The summed E-state index contributed by atoms with van der Waals surface area (Å²) in [6.07, 6.45) is 0.534. The number of hydrogen-bond donors (Lipinski definition) is 2. The minimum absolute atomic E-state index is 0.157. The number of aromatic nitrogens is 2. The summed E-state index contributed by atoms with van der Waals surface area (Å²) >= 11 is 2.66. The number of carbonyl (C=O) groups is 2. The van der Waals surface area contributed by atoms with Crippen LogP contribution >= 0.6 is 23.1 Å². The first-order chi connectivity index (χ1) is 13.3. The van der Waals surface area contributed by atoms with Crippen LogP contribution in [0.2, 0.25) is 0 Å². The van der Waals surface area contributed by atoms with Crippen molar-refractivity contribution in [3.8, 4) is 0 Å². The van der Waals surface area contributed by atoms with Gasteiger partial charge in [0.2, 0.25) is 11.0 Å². The Labute approximate surface area is 173 Å². The topological polar surface area (TPSA) is 93.2 Å². The van der Waals surface area contributed by atoms with E-state index in [1.54, 1.807) is 0 Å². The number of anilines is 2. The molecule has 0 saturated heterocycles. The molecule has 7 nitrogen and oxygen atoms in total. The lowest BCUT2D eigenvalue weighted by molar-refractivity contribution is -0.145. The molecule has 2 aromatic rings. The van der Waals surface area contributed by atoms with Gasteiger partial charge in [0.05, 0.1) is 12.9 Å². The second kappa shape index (κ2) is 10.4. The third kappa shape index (κ3) is 6.79. The zero-order valence-electron chi connectivity index (χ0n) is 16.7. The molecule has 9 heteroatoms. The van der Waals surface area contributed by atoms with E-state index < -0.39 is 12.0 Å². The highest BCUT2D eigenvalue weighted by molar-refractivity contribution is 8.01. The number of aryl methyl sites for hydroxylation is 2. The van der Waals surface area contributed by atoms with Crippen molar-refractivity contribution >= 4 is 45.8 Å². The molecule has 0 saturated carbocycles. The van der Waals surface area contributed by atoms with Crippen molar-refractivity contribution in [1.29, 1.82) is 0 Å². The van der Waals surface area contributed by atoms with Gasteiger partial charge in [0.15, 0.2) is 4.34 Å². The first-order valence-corrected chi connectivity index (χ1v) is 10.8. The molecule has 1 amide bonds. The summed E-state index contributed by atoms with van der Waals surface area (Å²) in [7, 11) is 1.32. The number of amides is 1. The zero-order chi connectivity index (χ0) is 20.7. The van der Waals surface area contributed by atoms with Gasteiger partial charge in [0.1, 0.15) is 6.04 Å². The maximum Gasteiger partial charge on any atom is 0.328 e. The van der Waals surface area contributed by atoms with E-state index in [0.29, 0.717) is 15.9 Å². The summed E-state index contributed by atoms with van der Waals surface area (Å²) in [6, 6.07) is 5.47. The van der Waals surface area contributed by atoms with Crippen LogP contribution in [0.3, 0.4) is 0 Å². The largest absolute Gasteiger partial charge is 0.467 e. The Morgan fingerprint density at radius 1 is 1.21 bits per heavy atom. The van der Waals surface area contributed by atoms with Gasteiger partial charge in [0, 0.05) is 5.69 Å². The van der Waals surface area contributed by atoms with Crippen molar-refractivity contribution in [2.45, 2.75) is 44.5 Å². The summed E-state index contributed by atoms with van der Waals surface area (Å²) < 4.78 is 5.44. The van der Waals surface area contributed by atoms with Crippen LogP contribution in [0.1, 0.15) is 31.4 Å². The summed E-state index contributed by atoms with van der Waals surface area (Å²) in [5, 5.41) is 14.8. The SMILES string of the molecule is COC(=O)[C@@H](CC(C)C)NC(=O)CSc1nnc(Nc2ccc(C)c(C)c2)s1. The molecule has 152 valence electrons. The standard InChI is InChI=1S/C19H26N4O3S2/c1-11(2)8-15(17(25)26-5)21-16(24)10-27-19-23-22-18(28-19)20-14-7-6-12(3)13(4)9-14/h6-7,9,11,15H,8,10H2,1-5H3,(H,20,22)(H,21,24)/t15-/m1/s1. The molecule has 1 heterocycles. The van der Waals surface area contributed by atoms with E-state index in [-0.39, 0.29) is 17.6 Å². The maximum atomic E-state index is 12.2. The molecule has 0 bridgehead atoms. The van der Waals surface area contributed by atoms with E-state index in [1.165, 1.54) is 41.3 Å². The Morgan fingerprint density at radius 2 is 1.96 bits per heavy atom. The normalized spacial score (nSPS) is 11.9. The van der Waals surface area contributed by atoms with Crippen LogP contribution in [0.5, 0.6) is 0 Å². The summed E-state index contributed by atoms with van der Waals surface area (Å²) in [5.74, 6) is -0.244. The molecule has 1 aromatic heterocycles. The number of nitrogens with zero attached hydrogens (tertiary/aromatic N) is 2. The maximum absolute atomic E-state index is 12.2. The van der Waals surface area contributed by atoms with Crippen molar-refractivity contribution in [3.05, 3.63) is 29.3 Å². The van der Waals surface area contributed by atoms with E-state index in [0.717, 1.165) is 5.69 Å². The fraction of sp³-hybridized carbons (Fsp3) is 0.474. The van der Waals surface area contributed by atoms with Crippen molar-refractivity contribution in [2.24, 2.45) is 5.92 Å². The molecule has 0 aliphatic heterocycles. The minimum atomic E-state index is -0.630. The molecule has 28 heavy (non-hydrogen) atoms. The quantitative estimate of drug-likeness (QED) is 0.470. The number of methoxy groups -OCH3 is 1. The lowest BCUT2D eigenvalue weighted by Crippen LogP contribution is -2.43. The third-order valence-electron chi connectivity index (χ3n) is 4.02. The Kier molecular flexibility index (Phi) is 8.25. The molecule has 2 N–H and O–H groups in total. The Morgan fingerprint density at radius 3 is 2.61 bits per heavy atom. The van der Waals surface area contributed by atoms with Crippen molar-refractivity contribution in [1.82, 2.24) is 15.5 Å². The highest BCUT2D eigenvalue weighted by atomic mass is 32.2. The summed E-state index contributed by atoms with van der Waals surface area (Å²) in [4.78, 5) is 24.0. The van der Waals surface area contributed by atoms with Crippen molar-refractivity contribution in [2.75, 3.05) is 18.2 Å². The van der Waals surface area contributed by atoms with E-state index in [2.05, 4.69) is 40.7 Å². The van der Waals surface area contributed by atoms with E-state index >= 15 is 0 Å². The Hall–Kier alpha value is -2.13. The highest BCUT2D eigenvalue weighted by Crippen LogP contribution is 2.28. The van der Waals surface area contributed by atoms with Gasteiger partial charge in [-0.05, 0) is 49.4 Å². The molecule has 2 rings (SSSR count). The predicted octanol–water partition coefficient (Wildman–Crippen LogP) is 3.69. The Bertz CT molecular complexity index is 823. The smallest absolute Gasteiger partial charge is 0.328 e. The van der Waals surface area contributed by atoms with E-state index in [1.807, 2.05) is 26.0 Å². The van der Waals surface area contributed by atoms with Gasteiger partial charge >= 0.3 is 5.97 Å². The number of hydrogen-bond acceptors (Lipinski definition) is 8. The number of esters is 1. The van der Waals surface area contributed by atoms with Crippen LogP contribution in [0.15, 0.2) is 22.5 Å². The molecule has 0 unspecified atom stereocenters. The zero-order valence-corrected chi connectivity index (χ0v) is 18.4. The summed E-state index contributed by atoms with van der Waals surface area (Å²) in [5.41, 5.74) is 3.37. The van der Waals surface area contributed by atoms with E-state index in [9.17, 15) is 9.59 Å². The number of thioether (sulfide) groups is 1. The molecule has 0 aliphatic carbocycles. The number of carbonyl (C=O) groups excluding carboxylic acids is 2. The molecular formula is C19H26N4O3S2. The molecule has 0 radical (unpaired) electrons. The van der Waals surface area contributed by atoms with Gasteiger partial charge < -0.3 is 15.4 Å². The second-order valence-electron chi connectivity index (χ2n) is 6.86. The van der Waals surface area contributed by atoms with E-state index in [4.69, 9.17) is 4.74 Å². The molecule has 0 aliphatic rings. The number of ether oxygens (including phenoxy) is 1. The fourth-order valence-electron chi connectivity index (χ4n) is 2.45. The number of rotatable bonds is 9. The molecule has 1 aromatic carbocycles. The van der Waals surface area contributed by atoms with Gasteiger partial charge in [-0.2, -0.15) is 0 Å². The lowest BCUT2D eigenvalue weighted by atomic mass is 10.0. The monoisotopic (exact) mass is 422 g/mol. The van der Waals surface area contributed by atoms with Crippen molar-refractivity contribution < 1.29 is 14.3 Å². The Balaban J connectivity index is 1.88. The number of nitrogens with one attached hydrogen (secondary N) is 2. The summed E-state index contributed by atoms with van der Waals surface area (Å²) in [6.45, 7) is 8.10. The van der Waals surface area contributed by atoms with Gasteiger partial charge in [-0.1, -0.05) is 43.0 Å². The first-order valence-electron chi connectivity index (χ1n) is 8.96. The van der Waals surface area contributed by atoms with Gasteiger partial charge in [0.25, 0.3) is 0 Å². The molecular weight excluding hydrogens is 396 g/mol. The molecule has 0 spiro atoms. The minimum Gasteiger partial charge on any atom is -0.467 e. The lowest BCUT2D eigenvalue weighted by Gasteiger charge is -2.17. The number of benzene rings is 1.